The first-order valence-electron chi connectivity index (χ1n) is 9.01. The van der Waals surface area contributed by atoms with E-state index in [1.54, 1.807) is 20.4 Å². The lowest BCUT2D eigenvalue weighted by molar-refractivity contribution is 0.408. The summed E-state index contributed by atoms with van der Waals surface area (Å²) in [6.45, 7) is 3.26. The Morgan fingerprint density at radius 2 is 2.07 bits per heavy atom. The van der Waals surface area contributed by atoms with Crippen molar-refractivity contribution in [3.63, 3.8) is 0 Å². The van der Waals surface area contributed by atoms with Crippen LogP contribution in [0.15, 0.2) is 52.1 Å². The van der Waals surface area contributed by atoms with Crippen molar-refractivity contribution in [2.24, 2.45) is 4.99 Å². The SMILES string of the molecule is CN=C(NCCc1noc(-c2ccccn2)n1)NCc1ccc(C)cc1OC.I. The van der Waals surface area contributed by atoms with E-state index in [2.05, 4.69) is 36.8 Å². The molecule has 3 rings (SSSR count). The summed E-state index contributed by atoms with van der Waals surface area (Å²) in [6.07, 6.45) is 2.30. The van der Waals surface area contributed by atoms with Crippen molar-refractivity contribution in [2.75, 3.05) is 20.7 Å². The third kappa shape index (κ3) is 6.41. The Labute approximate surface area is 187 Å². The average molecular weight is 508 g/mol. The number of hydrogen-bond acceptors (Lipinski definition) is 6. The third-order valence-electron chi connectivity index (χ3n) is 4.11. The van der Waals surface area contributed by atoms with Gasteiger partial charge in [0.05, 0.1) is 7.11 Å². The third-order valence-corrected chi connectivity index (χ3v) is 4.11. The summed E-state index contributed by atoms with van der Waals surface area (Å²) in [5, 5.41) is 10.5. The Bertz CT molecular complexity index is 930. The van der Waals surface area contributed by atoms with E-state index in [-0.39, 0.29) is 24.0 Å². The molecule has 2 aromatic heterocycles. The number of aryl methyl sites for hydroxylation is 1. The number of halogens is 1. The second kappa shape index (κ2) is 11.3. The Hall–Kier alpha value is -2.69. The van der Waals surface area contributed by atoms with Gasteiger partial charge in [0.25, 0.3) is 5.89 Å². The topological polar surface area (TPSA) is 97.5 Å². The highest BCUT2D eigenvalue weighted by Crippen LogP contribution is 2.19. The van der Waals surface area contributed by atoms with Gasteiger partial charge in [-0.1, -0.05) is 23.4 Å². The van der Waals surface area contributed by atoms with Crippen LogP contribution >= 0.6 is 24.0 Å². The summed E-state index contributed by atoms with van der Waals surface area (Å²) in [7, 11) is 3.41. The summed E-state index contributed by atoms with van der Waals surface area (Å²) >= 11 is 0. The fourth-order valence-electron chi connectivity index (χ4n) is 2.64. The lowest BCUT2D eigenvalue weighted by Gasteiger charge is -2.13. The number of hydrogen-bond donors (Lipinski definition) is 2. The van der Waals surface area contributed by atoms with Crippen molar-refractivity contribution in [3.8, 4) is 17.3 Å². The van der Waals surface area contributed by atoms with Crippen molar-refractivity contribution in [2.45, 2.75) is 19.9 Å². The van der Waals surface area contributed by atoms with Crippen molar-refractivity contribution in [1.82, 2.24) is 25.8 Å². The summed E-state index contributed by atoms with van der Waals surface area (Å²) in [5.74, 6) is 2.58. The standard InChI is InChI=1S/C20H24N6O2.HI/c1-14-7-8-15(17(12-14)27-3)13-24-20(21-2)23-11-9-18-25-19(28-26-18)16-6-4-5-10-22-16;/h4-8,10,12H,9,11,13H2,1-3H3,(H2,21,23,24);1H. The van der Waals surface area contributed by atoms with Crippen molar-refractivity contribution < 1.29 is 9.26 Å². The van der Waals surface area contributed by atoms with Gasteiger partial charge in [0.1, 0.15) is 11.4 Å². The largest absolute Gasteiger partial charge is 0.496 e. The van der Waals surface area contributed by atoms with Crippen LogP contribution in [0, 0.1) is 6.92 Å². The smallest absolute Gasteiger partial charge is 0.276 e. The molecule has 29 heavy (non-hydrogen) atoms. The number of nitrogens with zero attached hydrogens (tertiary/aromatic N) is 4. The number of benzene rings is 1. The van der Waals surface area contributed by atoms with Crippen LogP contribution in [-0.4, -0.2) is 41.8 Å². The van der Waals surface area contributed by atoms with E-state index in [4.69, 9.17) is 9.26 Å². The molecule has 0 unspecified atom stereocenters. The van der Waals surface area contributed by atoms with Crippen LogP contribution in [0.1, 0.15) is 17.0 Å². The maximum Gasteiger partial charge on any atom is 0.276 e. The first-order valence-corrected chi connectivity index (χ1v) is 9.01. The summed E-state index contributed by atoms with van der Waals surface area (Å²) in [6, 6.07) is 11.7. The molecule has 154 valence electrons. The summed E-state index contributed by atoms with van der Waals surface area (Å²) < 4.78 is 10.7. The minimum atomic E-state index is 0. The predicted octanol–water partition coefficient (Wildman–Crippen LogP) is 2.97. The number of ether oxygens (including phenoxy) is 1. The Morgan fingerprint density at radius 1 is 1.21 bits per heavy atom. The second-order valence-corrected chi connectivity index (χ2v) is 6.15. The highest BCUT2D eigenvalue weighted by Gasteiger charge is 2.10. The summed E-state index contributed by atoms with van der Waals surface area (Å²) in [4.78, 5) is 12.8. The highest BCUT2D eigenvalue weighted by atomic mass is 127. The number of aliphatic imine (C=N–C) groups is 1. The molecule has 0 aliphatic rings. The molecule has 0 aliphatic carbocycles. The normalized spacial score (nSPS) is 10.9. The fraction of sp³-hybridized carbons (Fsp3) is 0.300. The van der Waals surface area contributed by atoms with Crippen LogP contribution in [0.25, 0.3) is 11.6 Å². The van der Waals surface area contributed by atoms with Crippen LogP contribution < -0.4 is 15.4 Å². The van der Waals surface area contributed by atoms with Crippen molar-refractivity contribution in [3.05, 3.63) is 59.5 Å². The monoisotopic (exact) mass is 508 g/mol. The Morgan fingerprint density at radius 3 is 2.79 bits per heavy atom. The lowest BCUT2D eigenvalue weighted by Crippen LogP contribution is -2.38. The quantitative estimate of drug-likeness (QED) is 0.288. The maximum atomic E-state index is 5.44. The first-order chi connectivity index (χ1) is 13.7. The van der Waals surface area contributed by atoms with Gasteiger partial charge in [0, 0.05) is 38.3 Å². The van der Waals surface area contributed by atoms with Gasteiger partial charge >= 0.3 is 0 Å². The van der Waals surface area contributed by atoms with E-state index in [0.717, 1.165) is 16.9 Å². The van der Waals surface area contributed by atoms with E-state index in [9.17, 15) is 0 Å². The molecule has 9 heteroatoms. The van der Waals surface area contributed by atoms with E-state index in [1.165, 1.54) is 0 Å². The van der Waals surface area contributed by atoms with Crippen molar-refractivity contribution >= 4 is 29.9 Å². The van der Waals surface area contributed by atoms with E-state index in [1.807, 2.05) is 37.3 Å². The molecule has 3 aromatic rings. The van der Waals surface area contributed by atoms with Gasteiger partial charge in [-0.3, -0.25) is 9.98 Å². The number of nitrogens with one attached hydrogen (secondary N) is 2. The zero-order valence-electron chi connectivity index (χ0n) is 16.7. The molecule has 1 aromatic carbocycles. The predicted molar refractivity (Wildman–Crippen MR) is 123 cm³/mol. The molecule has 2 heterocycles. The number of methoxy groups -OCH3 is 1. The average Bonchev–Trinajstić information content (AvgIpc) is 3.20. The van der Waals surface area contributed by atoms with Gasteiger partial charge < -0.3 is 19.9 Å². The van der Waals surface area contributed by atoms with E-state index < -0.39 is 0 Å². The summed E-state index contributed by atoms with van der Waals surface area (Å²) in [5.41, 5.74) is 2.89. The van der Waals surface area contributed by atoms with Crippen LogP contribution in [-0.2, 0) is 13.0 Å². The molecule has 0 bridgehead atoms. The van der Waals surface area contributed by atoms with Crippen LogP contribution in [0.2, 0.25) is 0 Å². The number of guanidine groups is 1. The van der Waals surface area contributed by atoms with E-state index >= 15 is 0 Å². The molecular formula is C20H25IN6O2. The number of pyridine rings is 1. The van der Waals surface area contributed by atoms with Gasteiger partial charge in [-0.2, -0.15) is 4.98 Å². The number of rotatable bonds is 7. The molecular weight excluding hydrogens is 483 g/mol. The Balaban J connectivity index is 0.00000300. The molecule has 0 fully saturated rings. The highest BCUT2D eigenvalue weighted by molar-refractivity contribution is 14.0. The van der Waals surface area contributed by atoms with Gasteiger partial charge in [-0.15, -0.1) is 24.0 Å². The maximum absolute atomic E-state index is 5.44. The van der Waals surface area contributed by atoms with Crippen LogP contribution in [0.5, 0.6) is 5.75 Å². The van der Waals surface area contributed by atoms with Gasteiger partial charge in [-0.25, -0.2) is 0 Å². The van der Waals surface area contributed by atoms with Crippen molar-refractivity contribution in [1.29, 1.82) is 0 Å². The molecule has 0 spiro atoms. The zero-order chi connectivity index (χ0) is 19.8. The Kier molecular flexibility index (Phi) is 8.84. The first kappa shape index (κ1) is 22.6. The molecule has 0 aliphatic heterocycles. The van der Waals surface area contributed by atoms with Gasteiger partial charge in [0.15, 0.2) is 11.8 Å². The second-order valence-electron chi connectivity index (χ2n) is 6.15. The lowest BCUT2D eigenvalue weighted by atomic mass is 10.1. The zero-order valence-corrected chi connectivity index (χ0v) is 19.0. The number of aromatic nitrogens is 3. The molecule has 0 saturated carbocycles. The van der Waals surface area contributed by atoms with Gasteiger partial charge in [0.2, 0.25) is 0 Å². The van der Waals surface area contributed by atoms with Crippen LogP contribution in [0.3, 0.4) is 0 Å². The minimum Gasteiger partial charge on any atom is -0.496 e. The van der Waals surface area contributed by atoms with E-state index in [0.29, 0.717) is 42.9 Å². The van der Waals surface area contributed by atoms with Crippen LogP contribution in [0.4, 0.5) is 0 Å². The molecule has 0 atom stereocenters. The van der Waals surface area contributed by atoms with Gasteiger partial charge in [-0.05, 0) is 30.7 Å². The molecule has 0 saturated heterocycles. The molecule has 2 N–H and O–H groups in total. The minimum absolute atomic E-state index is 0. The fourth-order valence-corrected chi connectivity index (χ4v) is 2.64. The molecule has 0 radical (unpaired) electrons. The molecule has 0 amide bonds. The molecule has 8 nitrogen and oxygen atoms in total.